The molecule has 0 unspecified atom stereocenters. The van der Waals surface area contributed by atoms with Crippen molar-refractivity contribution in [2.45, 2.75) is 12.8 Å². The third-order valence-electron chi connectivity index (χ3n) is 2.77. The van der Waals surface area contributed by atoms with Gasteiger partial charge in [-0.1, -0.05) is 30.3 Å². The smallest absolute Gasteiger partial charge is 0.0664 e. The molecule has 68 valence electrons. The fourth-order valence-corrected chi connectivity index (χ4v) is 2.07. The molecule has 0 bridgehead atoms. The first-order chi connectivity index (χ1) is 6.95. The molecule has 0 N–H and O–H groups in total. The van der Waals surface area contributed by atoms with Gasteiger partial charge in [0.2, 0.25) is 0 Å². The van der Waals surface area contributed by atoms with Crippen LogP contribution >= 0.6 is 0 Å². The van der Waals surface area contributed by atoms with Crippen LogP contribution in [0.2, 0.25) is 0 Å². The van der Waals surface area contributed by atoms with Crippen LogP contribution in [-0.2, 0) is 6.42 Å². The summed E-state index contributed by atoms with van der Waals surface area (Å²) < 4.78 is 0. The summed E-state index contributed by atoms with van der Waals surface area (Å²) in [6.45, 7) is 0. The molecule has 0 saturated heterocycles. The van der Waals surface area contributed by atoms with E-state index in [1.807, 2.05) is 6.20 Å². The number of rotatable bonds is 0. The molecule has 0 saturated carbocycles. The van der Waals surface area contributed by atoms with Gasteiger partial charge in [-0.2, -0.15) is 0 Å². The molecule has 1 nitrogen and oxygen atoms in total. The number of benzene rings is 1. The first-order valence-corrected chi connectivity index (χ1v) is 4.98. The van der Waals surface area contributed by atoms with E-state index in [1.54, 1.807) is 0 Å². The van der Waals surface area contributed by atoms with Crippen LogP contribution in [0.15, 0.2) is 36.5 Å². The second-order valence-electron chi connectivity index (χ2n) is 3.65. The van der Waals surface area contributed by atoms with Gasteiger partial charge >= 0.3 is 0 Å². The minimum absolute atomic E-state index is 1.13. The van der Waals surface area contributed by atoms with E-state index >= 15 is 0 Å². The molecule has 0 radical (unpaired) electrons. The Hall–Kier alpha value is -1.63. The van der Waals surface area contributed by atoms with Crippen molar-refractivity contribution >= 4 is 16.8 Å². The number of pyridine rings is 1. The van der Waals surface area contributed by atoms with Crippen molar-refractivity contribution in [1.29, 1.82) is 0 Å². The normalized spacial score (nSPS) is 14.3. The van der Waals surface area contributed by atoms with E-state index in [2.05, 4.69) is 41.4 Å². The number of aryl methyl sites for hydroxylation is 1. The molecule has 3 rings (SSSR count). The summed E-state index contributed by atoms with van der Waals surface area (Å²) in [5, 5.41) is 2.61. The summed E-state index contributed by atoms with van der Waals surface area (Å²) in [6.07, 6.45) is 8.56. The summed E-state index contributed by atoms with van der Waals surface area (Å²) in [4.78, 5) is 4.46. The first-order valence-electron chi connectivity index (χ1n) is 4.98. The van der Waals surface area contributed by atoms with Crippen LogP contribution in [0.3, 0.4) is 0 Å². The summed E-state index contributed by atoms with van der Waals surface area (Å²) >= 11 is 0. The molecule has 0 spiro atoms. The van der Waals surface area contributed by atoms with E-state index in [9.17, 15) is 0 Å². The Balaban J connectivity index is 2.41. The predicted octanol–water partition coefficient (Wildman–Crippen LogP) is 3.19. The molecule has 2 aromatic rings. The first kappa shape index (κ1) is 7.74. The zero-order valence-electron chi connectivity index (χ0n) is 7.90. The monoisotopic (exact) mass is 181 g/mol. The number of hydrogen-bond acceptors (Lipinski definition) is 1. The molecule has 1 aromatic carbocycles. The van der Waals surface area contributed by atoms with E-state index in [4.69, 9.17) is 0 Å². The lowest BCUT2D eigenvalue weighted by Gasteiger charge is -2.11. The standard InChI is InChI=1S/C13H11N/c1-2-6-11-10(5-1)9-14-13-8-4-3-7-12(11)13/h1-2,4-6,8-9H,3,7H2. The highest BCUT2D eigenvalue weighted by molar-refractivity contribution is 5.87. The van der Waals surface area contributed by atoms with Crippen LogP contribution in [0.25, 0.3) is 16.8 Å². The van der Waals surface area contributed by atoms with Crippen molar-refractivity contribution in [2.24, 2.45) is 0 Å². The summed E-state index contributed by atoms with van der Waals surface area (Å²) in [6, 6.07) is 8.48. The van der Waals surface area contributed by atoms with Crippen molar-refractivity contribution in [1.82, 2.24) is 4.98 Å². The van der Waals surface area contributed by atoms with Gasteiger partial charge in [0.25, 0.3) is 0 Å². The third-order valence-corrected chi connectivity index (χ3v) is 2.77. The highest BCUT2D eigenvalue weighted by atomic mass is 14.7. The molecule has 1 heterocycles. The fraction of sp³-hybridized carbons (Fsp3) is 0.154. The quantitative estimate of drug-likeness (QED) is 0.608. The van der Waals surface area contributed by atoms with Crippen LogP contribution in [0.5, 0.6) is 0 Å². The molecular formula is C13H11N. The second kappa shape index (κ2) is 2.95. The van der Waals surface area contributed by atoms with Crippen molar-refractivity contribution in [3.8, 4) is 0 Å². The third kappa shape index (κ3) is 1.06. The predicted molar refractivity (Wildman–Crippen MR) is 59.1 cm³/mol. The van der Waals surface area contributed by atoms with E-state index < -0.39 is 0 Å². The number of allylic oxidation sites excluding steroid dienone is 1. The zero-order chi connectivity index (χ0) is 9.38. The Kier molecular flexibility index (Phi) is 1.63. The van der Waals surface area contributed by atoms with Gasteiger partial charge in [-0.15, -0.1) is 0 Å². The fourth-order valence-electron chi connectivity index (χ4n) is 2.07. The second-order valence-corrected chi connectivity index (χ2v) is 3.65. The van der Waals surface area contributed by atoms with Gasteiger partial charge in [-0.05, 0) is 29.9 Å². The molecule has 1 aliphatic carbocycles. The average molecular weight is 181 g/mol. The van der Waals surface area contributed by atoms with Crippen molar-refractivity contribution in [3.63, 3.8) is 0 Å². The lowest BCUT2D eigenvalue weighted by Crippen LogP contribution is -1.97. The van der Waals surface area contributed by atoms with Gasteiger partial charge < -0.3 is 0 Å². The van der Waals surface area contributed by atoms with Gasteiger partial charge in [0, 0.05) is 11.6 Å². The van der Waals surface area contributed by atoms with Gasteiger partial charge in [-0.25, -0.2) is 0 Å². The van der Waals surface area contributed by atoms with Crippen molar-refractivity contribution in [3.05, 3.63) is 47.8 Å². The Morgan fingerprint density at radius 1 is 1.14 bits per heavy atom. The number of hydrogen-bond donors (Lipinski definition) is 0. The molecule has 0 aliphatic heterocycles. The Morgan fingerprint density at radius 2 is 2.07 bits per heavy atom. The van der Waals surface area contributed by atoms with E-state index in [0.717, 1.165) is 18.5 Å². The van der Waals surface area contributed by atoms with Gasteiger partial charge in [0.15, 0.2) is 0 Å². The molecule has 1 aromatic heterocycles. The molecule has 1 aliphatic rings. The van der Waals surface area contributed by atoms with Gasteiger partial charge in [0.05, 0.1) is 5.69 Å². The highest BCUT2D eigenvalue weighted by Crippen LogP contribution is 2.25. The Labute approximate surface area is 83.1 Å². The van der Waals surface area contributed by atoms with Crippen molar-refractivity contribution < 1.29 is 0 Å². The molecule has 1 heteroatoms. The molecule has 0 fully saturated rings. The molecule has 0 atom stereocenters. The van der Waals surface area contributed by atoms with Crippen molar-refractivity contribution in [2.75, 3.05) is 0 Å². The van der Waals surface area contributed by atoms with E-state index in [1.165, 1.54) is 16.3 Å². The zero-order valence-corrected chi connectivity index (χ0v) is 7.90. The minimum Gasteiger partial charge on any atom is -0.256 e. The largest absolute Gasteiger partial charge is 0.256 e. The molecular weight excluding hydrogens is 170 g/mol. The maximum Gasteiger partial charge on any atom is 0.0664 e. The molecule has 14 heavy (non-hydrogen) atoms. The highest BCUT2D eigenvalue weighted by Gasteiger charge is 2.08. The number of fused-ring (bicyclic) bond motifs is 3. The number of aromatic nitrogens is 1. The maximum absolute atomic E-state index is 4.46. The van der Waals surface area contributed by atoms with E-state index in [-0.39, 0.29) is 0 Å². The van der Waals surface area contributed by atoms with Gasteiger partial charge in [0.1, 0.15) is 0 Å². The SMILES string of the molecule is C1=Cc2ncc3ccccc3c2CC1. The molecule has 0 amide bonds. The Bertz CT molecular complexity index is 512. The summed E-state index contributed by atoms with van der Waals surface area (Å²) in [5.74, 6) is 0. The van der Waals surface area contributed by atoms with Crippen LogP contribution in [0.4, 0.5) is 0 Å². The maximum atomic E-state index is 4.46. The lowest BCUT2D eigenvalue weighted by molar-refractivity contribution is 0.978. The van der Waals surface area contributed by atoms with Crippen LogP contribution in [-0.4, -0.2) is 4.98 Å². The van der Waals surface area contributed by atoms with Crippen LogP contribution in [0, 0.1) is 0 Å². The topological polar surface area (TPSA) is 12.9 Å². The van der Waals surface area contributed by atoms with E-state index in [0.29, 0.717) is 0 Å². The van der Waals surface area contributed by atoms with Crippen LogP contribution < -0.4 is 0 Å². The Morgan fingerprint density at radius 3 is 3.07 bits per heavy atom. The summed E-state index contributed by atoms with van der Waals surface area (Å²) in [7, 11) is 0. The number of nitrogens with zero attached hydrogens (tertiary/aromatic N) is 1. The lowest BCUT2D eigenvalue weighted by atomic mass is 9.96. The minimum atomic E-state index is 1.13. The summed E-state index contributed by atoms with van der Waals surface area (Å²) in [5.41, 5.74) is 2.56. The van der Waals surface area contributed by atoms with Gasteiger partial charge in [-0.3, -0.25) is 4.98 Å². The van der Waals surface area contributed by atoms with Crippen LogP contribution in [0.1, 0.15) is 17.7 Å². The average Bonchev–Trinajstić information content (AvgIpc) is 2.29.